The molecule has 82 valence electrons. The van der Waals surface area contributed by atoms with Crippen molar-refractivity contribution >= 4 is 5.78 Å². The predicted molar refractivity (Wildman–Crippen MR) is 55.8 cm³/mol. The average Bonchev–Trinajstić information content (AvgIpc) is 2.18. The largest absolute Gasteiger partial charge is 0.507 e. The second kappa shape index (κ2) is 4.68. The average molecular weight is 210 g/mol. The molecule has 0 atom stereocenters. The van der Waals surface area contributed by atoms with Gasteiger partial charge in [0.15, 0.2) is 17.3 Å². The van der Waals surface area contributed by atoms with Gasteiger partial charge in [-0.05, 0) is 19.9 Å². The number of phenolic OH excluding ortho intramolecular Hbond substituents is 1. The number of Topliss-reactive ketones (excluding diaryl/α,β-unsaturated/α-hetero) is 1. The molecule has 0 radical (unpaired) electrons. The van der Waals surface area contributed by atoms with Crippen LogP contribution in [0.25, 0.3) is 0 Å². The van der Waals surface area contributed by atoms with Gasteiger partial charge in [-0.15, -0.1) is 0 Å². The SMILES string of the molecule is CCOc1cc(O)c(C(C)=O)cc1OC. The third-order valence-corrected chi connectivity index (χ3v) is 1.96. The van der Waals surface area contributed by atoms with Crippen molar-refractivity contribution in [3.05, 3.63) is 17.7 Å². The molecule has 4 nitrogen and oxygen atoms in total. The number of aromatic hydroxyl groups is 1. The van der Waals surface area contributed by atoms with E-state index < -0.39 is 0 Å². The summed E-state index contributed by atoms with van der Waals surface area (Å²) in [7, 11) is 1.48. The Labute approximate surface area is 88.4 Å². The summed E-state index contributed by atoms with van der Waals surface area (Å²) < 4.78 is 10.3. The van der Waals surface area contributed by atoms with Gasteiger partial charge in [0.25, 0.3) is 0 Å². The van der Waals surface area contributed by atoms with E-state index in [9.17, 15) is 9.90 Å². The molecule has 0 bridgehead atoms. The molecule has 0 aliphatic heterocycles. The van der Waals surface area contributed by atoms with E-state index in [1.165, 1.54) is 26.2 Å². The zero-order valence-corrected chi connectivity index (χ0v) is 9.03. The van der Waals surface area contributed by atoms with Crippen LogP contribution in [-0.2, 0) is 0 Å². The summed E-state index contributed by atoms with van der Waals surface area (Å²) in [6.45, 7) is 3.68. The number of ketones is 1. The summed E-state index contributed by atoms with van der Waals surface area (Å²) in [5.41, 5.74) is 0.232. The molecule has 0 amide bonds. The van der Waals surface area contributed by atoms with Crippen LogP contribution in [0.15, 0.2) is 12.1 Å². The number of phenols is 1. The van der Waals surface area contributed by atoms with E-state index in [2.05, 4.69) is 0 Å². The molecule has 0 spiro atoms. The molecule has 1 rings (SSSR count). The summed E-state index contributed by atoms with van der Waals surface area (Å²) >= 11 is 0. The molecule has 0 saturated heterocycles. The second-order valence-corrected chi connectivity index (χ2v) is 3.01. The van der Waals surface area contributed by atoms with E-state index in [4.69, 9.17) is 9.47 Å². The molecule has 0 saturated carbocycles. The van der Waals surface area contributed by atoms with Gasteiger partial charge < -0.3 is 14.6 Å². The minimum absolute atomic E-state index is 0.0910. The Morgan fingerprint density at radius 3 is 2.53 bits per heavy atom. The minimum atomic E-state index is -0.214. The highest BCUT2D eigenvalue weighted by atomic mass is 16.5. The van der Waals surface area contributed by atoms with Crippen LogP contribution < -0.4 is 9.47 Å². The predicted octanol–water partition coefficient (Wildman–Crippen LogP) is 2.00. The Morgan fingerprint density at radius 2 is 2.07 bits per heavy atom. The lowest BCUT2D eigenvalue weighted by molar-refractivity contribution is 0.101. The van der Waals surface area contributed by atoms with E-state index in [-0.39, 0.29) is 17.1 Å². The van der Waals surface area contributed by atoms with Crippen LogP contribution in [0.3, 0.4) is 0 Å². The second-order valence-electron chi connectivity index (χ2n) is 3.01. The number of carbonyl (C=O) groups excluding carboxylic acids is 1. The number of rotatable bonds is 4. The Kier molecular flexibility index (Phi) is 3.55. The van der Waals surface area contributed by atoms with Crippen LogP contribution in [0.1, 0.15) is 24.2 Å². The lowest BCUT2D eigenvalue weighted by atomic mass is 10.1. The molecule has 0 aliphatic carbocycles. The Morgan fingerprint density at radius 1 is 1.40 bits per heavy atom. The molecule has 0 heterocycles. The number of ether oxygens (including phenoxy) is 2. The van der Waals surface area contributed by atoms with Gasteiger partial charge in [-0.25, -0.2) is 0 Å². The molecule has 0 fully saturated rings. The smallest absolute Gasteiger partial charge is 0.164 e. The van der Waals surface area contributed by atoms with E-state index >= 15 is 0 Å². The van der Waals surface area contributed by atoms with Gasteiger partial charge in [0.1, 0.15) is 5.75 Å². The first-order chi connectivity index (χ1) is 7.10. The zero-order chi connectivity index (χ0) is 11.4. The molecule has 0 aromatic heterocycles. The van der Waals surface area contributed by atoms with Crippen LogP contribution in [-0.4, -0.2) is 24.6 Å². The summed E-state index contributed by atoms with van der Waals surface area (Å²) in [6.07, 6.45) is 0. The van der Waals surface area contributed by atoms with Gasteiger partial charge in [-0.1, -0.05) is 0 Å². The van der Waals surface area contributed by atoms with Gasteiger partial charge in [-0.3, -0.25) is 4.79 Å². The molecule has 1 N–H and O–H groups in total. The van der Waals surface area contributed by atoms with Gasteiger partial charge in [0.05, 0.1) is 19.3 Å². The topological polar surface area (TPSA) is 55.8 Å². The third kappa shape index (κ3) is 2.40. The first-order valence-corrected chi connectivity index (χ1v) is 4.64. The van der Waals surface area contributed by atoms with Crippen molar-refractivity contribution in [3.8, 4) is 17.2 Å². The highest BCUT2D eigenvalue weighted by Gasteiger charge is 2.13. The van der Waals surface area contributed by atoms with Crippen LogP contribution in [0.4, 0.5) is 0 Å². The Balaban J connectivity index is 3.22. The normalized spacial score (nSPS) is 9.80. The molecular weight excluding hydrogens is 196 g/mol. The highest BCUT2D eigenvalue weighted by Crippen LogP contribution is 2.34. The Bertz CT molecular complexity index is 371. The first-order valence-electron chi connectivity index (χ1n) is 4.64. The summed E-state index contributed by atoms with van der Waals surface area (Å²) in [4.78, 5) is 11.1. The summed E-state index contributed by atoms with van der Waals surface area (Å²) in [5.74, 6) is 0.572. The summed E-state index contributed by atoms with van der Waals surface area (Å²) in [5, 5.41) is 9.55. The van der Waals surface area contributed by atoms with Crippen molar-refractivity contribution in [1.29, 1.82) is 0 Å². The number of hydrogen-bond acceptors (Lipinski definition) is 4. The van der Waals surface area contributed by atoms with Crippen molar-refractivity contribution in [1.82, 2.24) is 0 Å². The van der Waals surface area contributed by atoms with E-state index in [1.54, 1.807) is 0 Å². The van der Waals surface area contributed by atoms with Crippen molar-refractivity contribution in [3.63, 3.8) is 0 Å². The maximum atomic E-state index is 11.1. The third-order valence-electron chi connectivity index (χ3n) is 1.96. The Hall–Kier alpha value is -1.71. The number of benzene rings is 1. The fourth-order valence-electron chi connectivity index (χ4n) is 1.26. The van der Waals surface area contributed by atoms with Crippen LogP contribution in [0, 0.1) is 0 Å². The monoisotopic (exact) mass is 210 g/mol. The fraction of sp³-hybridized carbons (Fsp3) is 0.364. The van der Waals surface area contributed by atoms with Crippen molar-refractivity contribution in [2.24, 2.45) is 0 Å². The molecule has 0 unspecified atom stereocenters. The standard InChI is InChI=1S/C11H14O4/c1-4-15-11-6-9(13)8(7(2)12)5-10(11)14-3/h5-6,13H,4H2,1-3H3. The van der Waals surface area contributed by atoms with Crippen molar-refractivity contribution in [2.45, 2.75) is 13.8 Å². The minimum Gasteiger partial charge on any atom is -0.507 e. The van der Waals surface area contributed by atoms with Gasteiger partial charge in [-0.2, -0.15) is 0 Å². The van der Waals surface area contributed by atoms with Crippen molar-refractivity contribution in [2.75, 3.05) is 13.7 Å². The molecule has 15 heavy (non-hydrogen) atoms. The lowest BCUT2D eigenvalue weighted by Crippen LogP contribution is -1.99. The highest BCUT2D eigenvalue weighted by molar-refractivity contribution is 5.97. The molecular formula is C11H14O4. The van der Waals surface area contributed by atoms with Crippen LogP contribution in [0.5, 0.6) is 17.2 Å². The fourth-order valence-corrected chi connectivity index (χ4v) is 1.26. The van der Waals surface area contributed by atoms with Gasteiger partial charge >= 0.3 is 0 Å². The first kappa shape index (κ1) is 11.4. The van der Waals surface area contributed by atoms with E-state index in [0.29, 0.717) is 18.1 Å². The summed E-state index contributed by atoms with van der Waals surface area (Å²) in [6, 6.07) is 2.86. The zero-order valence-electron chi connectivity index (χ0n) is 9.03. The van der Waals surface area contributed by atoms with E-state index in [1.807, 2.05) is 6.92 Å². The molecule has 4 heteroatoms. The lowest BCUT2D eigenvalue weighted by Gasteiger charge is -2.11. The molecule has 1 aromatic rings. The quantitative estimate of drug-likeness (QED) is 0.772. The van der Waals surface area contributed by atoms with Crippen LogP contribution in [0.2, 0.25) is 0 Å². The van der Waals surface area contributed by atoms with Crippen molar-refractivity contribution < 1.29 is 19.4 Å². The maximum Gasteiger partial charge on any atom is 0.164 e. The number of carbonyl (C=O) groups is 1. The molecule has 0 aliphatic rings. The number of methoxy groups -OCH3 is 1. The van der Waals surface area contributed by atoms with E-state index in [0.717, 1.165) is 0 Å². The maximum absolute atomic E-state index is 11.1. The number of hydrogen-bond donors (Lipinski definition) is 1. The molecule has 1 aromatic carbocycles. The van der Waals surface area contributed by atoms with Crippen LogP contribution >= 0.6 is 0 Å². The van der Waals surface area contributed by atoms with Gasteiger partial charge in [0.2, 0.25) is 0 Å². The van der Waals surface area contributed by atoms with Gasteiger partial charge in [0, 0.05) is 6.07 Å².